The third-order valence-electron chi connectivity index (χ3n) is 4.68. The maximum absolute atomic E-state index is 12.4. The van der Waals surface area contributed by atoms with Gasteiger partial charge in [0.1, 0.15) is 6.04 Å². The molecule has 1 aromatic carbocycles. The van der Waals surface area contributed by atoms with Crippen molar-refractivity contribution in [2.75, 3.05) is 26.2 Å². The van der Waals surface area contributed by atoms with Crippen molar-refractivity contribution in [3.05, 3.63) is 35.4 Å². The number of amides is 1. The fourth-order valence-corrected chi connectivity index (χ4v) is 3.12. The lowest BCUT2D eigenvalue weighted by molar-refractivity contribution is -0.148. The lowest BCUT2D eigenvalue weighted by Gasteiger charge is -2.32. The van der Waals surface area contributed by atoms with Crippen LogP contribution in [0.3, 0.4) is 0 Å². The van der Waals surface area contributed by atoms with Crippen molar-refractivity contribution in [1.82, 2.24) is 10.2 Å². The summed E-state index contributed by atoms with van der Waals surface area (Å²) in [5.74, 6) is 0.124. The third kappa shape index (κ3) is 9.14. The van der Waals surface area contributed by atoms with Crippen LogP contribution in [-0.4, -0.2) is 43.2 Å². The van der Waals surface area contributed by atoms with Crippen LogP contribution in [-0.2, 0) is 4.79 Å². The number of rotatable bonds is 6. The van der Waals surface area contributed by atoms with Crippen LogP contribution in [0.25, 0.3) is 0 Å². The smallest absolute Gasteiger partial charge is 0.354 e. The summed E-state index contributed by atoms with van der Waals surface area (Å²) in [5.41, 5.74) is 7.83. The Morgan fingerprint density at radius 3 is 2.30 bits per heavy atom. The molecule has 1 saturated heterocycles. The van der Waals surface area contributed by atoms with Crippen LogP contribution in [0.1, 0.15) is 36.4 Å². The van der Waals surface area contributed by atoms with Gasteiger partial charge in [-0.3, -0.25) is 9.69 Å². The van der Waals surface area contributed by atoms with Crippen molar-refractivity contribution in [3.63, 3.8) is 0 Å². The van der Waals surface area contributed by atoms with Gasteiger partial charge in [0.25, 0.3) is 0 Å². The number of likely N-dealkylation sites (tertiary alicyclic amines) is 1. The lowest BCUT2D eigenvalue weighted by Crippen LogP contribution is -2.41. The zero-order chi connectivity index (χ0) is 18.4. The number of nitrogens with zero attached hydrogens (tertiary/aromatic N) is 1. The number of carbonyl (C=O) groups is 1. The van der Waals surface area contributed by atoms with Gasteiger partial charge >= 0.3 is 6.18 Å². The summed E-state index contributed by atoms with van der Waals surface area (Å²) in [6.45, 7) is 2.56. The Bertz CT molecular complexity index is 562. The number of piperidine rings is 1. The Morgan fingerprint density at radius 1 is 1.22 bits per heavy atom. The van der Waals surface area contributed by atoms with E-state index in [9.17, 15) is 18.0 Å². The molecule has 9 heteroatoms. The van der Waals surface area contributed by atoms with Crippen LogP contribution in [0.4, 0.5) is 13.2 Å². The summed E-state index contributed by atoms with van der Waals surface area (Å²) >= 11 is 0. The first-order valence-corrected chi connectivity index (χ1v) is 8.63. The summed E-state index contributed by atoms with van der Waals surface area (Å²) in [5, 5.41) is 2.83. The van der Waals surface area contributed by atoms with E-state index in [0.717, 1.165) is 30.4 Å². The second-order valence-electron chi connectivity index (χ2n) is 6.80. The quantitative estimate of drug-likeness (QED) is 0.725. The number of nitrogens with two attached hydrogens (primary N) is 1. The number of hydrogen-bond acceptors (Lipinski definition) is 3. The predicted molar refractivity (Wildman–Crippen MR) is 105 cm³/mol. The van der Waals surface area contributed by atoms with E-state index in [1.807, 2.05) is 31.2 Å². The first kappa shape index (κ1) is 26.0. The molecule has 1 atom stereocenters. The van der Waals surface area contributed by atoms with E-state index in [4.69, 9.17) is 5.73 Å². The molecular formula is C18H28Cl2F3N3O. The second kappa shape index (κ2) is 11.7. The first-order chi connectivity index (χ1) is 11.7. The highest BCUT2D eigenvalue weighted by Gasteiger charge is 2.32. The molecule has 0 spiro atoms. The topological polar surface area (TPSA) is 58.4 Å². The van der Waals surface area contributed by atoms with Crippen molar-refractivity contribution < 1.29 is 18.0 Å². The highest BCUT2D eigenvalue weighted by Crippen LogP contribution is 2.24. The van der Waals surface area contributed by atoms with Crippen LogP contribution >= 0.6 is 24.8 Å². The van der Waals surface area contributed by atoms with Crippen molar-refractivity contribution in [1.29, 1.82) is 0 Å². The molecule has 0 radical (unpaired) electrons. The van der Waals surface area contributed by atoms with Crippen molar-refractivity contribution >= 4 is 30.7 Å². The average Bonchev–Trinajstić information content (AvgIpc) is 2.55. The Balaban J connectivity index is 0.00000338. The number of aryl methyl sites for hydroxylation is 1. The normalized spacial score (nSPS) is 16.8. The Labute approximate surface area is 170 Å². The van der Waals surface area contributed by atoms with Gasteiger partial charge < -0.3 is 11.1 Å². The molecule has 156 valence electrons. The standard InChI is InChI=1S/C18H26F3N3O.2ClH/c1-13-2-4-15(5-3-13)16(22)17(25)23-9-6-14-7-10-24(11-8-14)12-18(19,20)21;;/h2-5,14,16H,6-12,22H2,1H3,(H,23,25);2*1H. The lowest BCUT2D eigenvalue weighted by atomic mass is 9.93. The van der Waals surface area contributed by atoms with Crippen molar-refractivity contribution in [2.45, 2.75) is 38.4 Å². The fourth-order valence-electron chi connectivity index (χ4n) is 3.12. The van der Waals surface area contributed by atoms with Crippen molar-refractivity contribution in [2.24, 2.45) is 11.7 Å². The summed E-state index contributed by atoms with van der Waals surface area (Å²) in [6.07, 6.45) is -1.90. The van der Waals surface area contributed by atoms with Gasteiger partial charge in [-0.05, 0) is 50.8 Å². The number of halogens is 5. The number of carbonyl (C=O) groups excluding carboxylic acids is 1. The minimum absolute atomic E-state index is 0. The first-order valence-electron chi connectivity index (χ1n) is 8.63. The number of alkyl halides is 3. The molecule has 4 nitrogen and oxygen atoms in total. The maximum atomic E-state index is 12.4. The number of nitrogens with one attached hydrogen (secondary N) is 1. The van der Waals surface area contributed by atoms with Crippen LogP contribution in [0.5, 0.6) is 0 Å². The molecule has 1 fully saturated rings. The van der Waals surface area contributed by atoms with Gasteiger partial charge in [0.05, 0.1) is 6.54 Å². The molecule has 1 amide bonds. The Hall–Kier alpha value is -1.02. The summed E-state index contributed by atoms with van der Waals surface area (Å²) < 4.78 is 37.1. The van der Waals surface area contributed by atoms with Gasteiger partial charge in [0, 0.05) is 6.54 Å². The summed E-state index contributed by atoms with van der Waals surface area (Å²) in [4.78, 5) is 13.6. The monoisotopic (exact) mass is 429 g/mol. The van der Waals surface area contributed by atoms with E-state index in [1.54, 1.807) is 0 Å². The molecule has 2 rings (SSSR count). The zero-order valence-corrected chi connectivity index (χ0v) is 16.9. The molecule has 1 heterocycles. The minimum atomic E-state index is -4.13. The number of hydrogen-bond donors (Lipinski definition) is 2. The molecule has 27 heavy (non-hydrogen) atoms. The summed E-state index contributed by atoms with van der Waals surface area (Å²) in [7, 11) is 0. The Kier molecular flexibility index (Phi) is 11.3. The van der Waals surface area contributed by atoms with E-state index < -0.39 is 18.8 Å². The molecule has 0 aliphatic carbocycles. The van der Waals surface area contributed by atoms with Gasteiger partial charge in [-0.25, -0.2) is 0 Å². The van der Waals surface area contributed by atoms with Crippen LogP contribution < -0.4 is 11.1 Å². The van der Waals surface area contributed by atoms with Gasteiger partial charge in [-0.15, -0.1) is 24.8 Å². The highest BCUT2D eigenvalue weighted by molar-refractivity contribution is 5.85. The molecule has 1 aliphatic rings. The molecule has 0 bridgehead atoms. The average molecular weight is 430 g/mol. The molecule has 0 aromatic heterocycles. The van der Waals surface area contributed by atoms with Gasteiger partial charge in [0.2, 0.25) is 5.91 Å². The van der Waals surface area contributed by atoms with Crippen LogP contribution in [0.15, 0.2) is 24.3 Å². The third-order valence-corrected chi connectivity index (χ3v) is 4.68. The molecule has 1 unspecified atom stereocenters. The highest BCUT2D eigenvalue weighted by atomic mass is 35.5. The minimum Gasteiger partial charge on any atom is -0.354 e. The largest absolute Gasteiger partial charge is 0.401 e. The zero-order valence-electron chi connectivity index (χ0n) is 15.3. The summed E-state index contributed by atoms with van der Waals surface area (Å²) in [6, 6.07) is 6.81. The predicted octanol–water partition coefficient (Wildman–Crippen LogP) is 3.62. The van der Waals surface area contributed by atoms with Crippen molar-refractivity contribution in [3.8, 4) is 0 Å². The van der Waals surface area contributed by atoms with Gasteiger partial charge in [-0.1, -0.05) is 29.8 Å². The van der Waals surface area contributed by atoms with E-state index in [0.29, 0.717) is 25.6 Å². The SMILES string of the molecule is Cc1ccc(C(N)C(=O)NCCC2CCN(CC(F)(F)F)CC2)cc1.Cl.Cl. The second-order valence-corrected chi connectivity index (χ2v) is 6.80. The van der Waals surface area contributed by atoms with E-state index in [-0.39, 0.29) is 30.7 Å². The number of benzene rings is 1. The molecule has 3 N–H and O–H groups in total. The fraction of sp³-hybridized carbons (Fsp3) is 0.611. The van der Waals surface area contributed by atoms with Gasteiger partial charge in [0.15, 0.2) is 0 Å². The molecule has 1 aliphatic heterocycles. The van der Waals surface area contributed by atoms with E-state index in [2.05, 4.69) is 5.32 Å². The molecule has 1 aromatic rings. The molecule has 0 saturated carbocycles. The molecular weight excluding hydrogens is 402 g/mol. The van der Waals surface area contributed by atoms with E-state index >= 15 is 0 Å². The van der Waals surface area contributed by atoms with Gasteiger partial charge in [-0.2, -0.15) is 13.2 Å². The Morgan fingerprint density at radius 2 is 1.78 bits per heavy atom. The van der Waals surface area contributed by atoms with Crippen LogP contribution in [0.2, 0.25) is 0 Å². The maximum Gasteiger partial charge on any atom is 0.401 e. The van der Waals surface area contributed by atoms with E-state index in [1.165, 1.54) is 4.90 Å². The van der Waals surface area contributed by atoms with Crippen LogP contribution in [0, 0.1) is 12.8 Å².